The Bertz CT molecular complexity index is 1020. The van der Waals surface area contributed by atoms with Crippen LogP contribution in [0, 0.1) is 12.8 Å². The zero-order valence-corrected chi connectivity index (χ0v) is 20.2. The fraction of sp³-hybridized carbons (Fsp3) is 0.565. The number of likely N-dealkylation sites (tertiary alicyclic amines) is 1. The molecule has 0 radical (unpaired) electrons. The maximum Gasteiger partial charge on any atom is 0.204 e. The number of fused-ring (bicyclic) bond motifs is 1. The molecule has 176 valence electrons. The van der Waals surface area contributed by atoms with Gasteiger partial charge in [0.05, 0.1) is 35.3 Å². The first-order valence-corrected chi connectivity index (χ1v) is 11.6. The number of anilines is 1. The molecule has 0 aliphatic carbocycles. The molecule has 0 saturated carbocycles. The third-order valence-corrected chi connectivity index (χ3v) is 6.77. The number of piperidine rings is 1. The van der Waals surface area contributed by atoms with Crippen molar-refractivity contribution >= 4 is 28.6 Å². The van der Waals surface area contributed by atoms with Gasteiger partial charge < -0.3 is 30.6 Å². The molecule has 1 fully saturated rings. The molecular weight excluding hydrogens is 426 g/mol. The van der Waals surface area contributed by atoms with E-state index in [0.717, 1.165) is 60.2 Å². The monoisotopic (exact) mass is 461 g/mol. The Morgan fingerprint density at radius 2 is 1.97 bits per heavy atom. The number of aryl methyl sites for hydroxylation is 2. The summed E-state index contributed by atoms with van der Waals surface area (Å²) >= 11 is 6.32. The second kappa shape index (κ2) is 10.2. The van der Waals surface area contributed by atoms with Gasteiger partial charge in [-0.25, -0.2) is 9.97 Å². The number of nitrogens with one attached hydrogen (secondary N) is 1. The SMILES string of the molecule is Cc1ncn(C)c1Cn1c(NC2CCN(CC(N)C(C)C)CC2)nc2ccc(Cl)cc21.O. The van der Waals surface area contributed by atoms with E-state index in [1.165, 1.54) is 5.69 Å². The van der Waals surface area contributed by atoms with Crippen LogP contribution in [0.1, 0.15) is 38.1 Å². The molecule has 32 heavy (non-hydrogen) atoms. The van der Waals surface area contributed by atoms with E-state index in [1.54, 1.807) is 0 Å². The summed E-state index contributed by atoms with van der Waals surface area (Å²) in [6, 6.07) is 6.52. The van der Waals surface area contributed by atoms with Crippen LogP contribution in [0.4, 0.5) is 5.95 Å². The lowest BCUT2D eigenvalue weighted by molar-refractivity contribution is 0.194. The lowest BCUT2D eigenvalue weighted by atomic mass is 10.0. The van der Waals surface area contributed by atoms with Gasteiger partial charge in [0.15, 0.2) is 0 Å². The lowest BCUT2D eigenvalue weighted by Crippen LogP contribution is -2.46. The molecule has 1 saturated heterocycles. The summed E-state index contributed by atoms with van der Waals surface area (Å²) in [6.45, 7) is 10.2. The van der Waals surface area contributed by atoms with Crippen LogP contribution >= 0.6 is 11.6 Å². The summed E-state index contributed by atoms with van der Waals surface area (Å²) < 4.78 is 4.30. The molecule has 0 amide bonds. The quantitative estimate of drug-likeness (QED) is 0.562. The van der Waals surface area contributed by atoms with Crippen molar-refractivity contribution in [2.45, 2.75) is 52.2 Å². The first-order chi connectivity index (χ1) is 14.8. The lowest BCUT2D eigenvalue weighted by Gasteiger charge is -2.34. The van der Waals surface area contributed by atoms with Gasteiger partial charge in [-0.2, -0.15) is 0 Å². The highest BCUT2D eigenvalue weighted by Gasteiger charge is 2.23. The third kappa shape index (κ3) is 5.26. The highest BCUT2D eigenvalue weighted by Crippen LogP contribution is 2.26. The van der Waals surface area contributed by atoms with Crippen LogP contribution in [0.5, 0.6) is 0 Å². The van der Waals surface area contributed by atoms with Crippen molar-refractivity contribution in [2.75, 3.05) is 25.0 Å². The predicted molar refractivity (Wildman–Crippen MR) is 131 cm³/mol. The molecule has 4 rings (SSSR count). The minimum atomic E-state index is 0. The normalized spacial score (nSPS) is 16.5. The molecule has 1 aliphatic heterocycles. The number of nitrogens with zero attached hydrogens (tertiary/aromatic N) is 5. The topological polar surface area (TPSA) is 108 Å². The van der Waals surface area contributed by atoms with Crippen LogP contribution in [-0.2, 0) is 13.6 Å². The van der Waals surface area contributed by atoms with E-state index in [0.29, 0.717) is 18.5 Å². The van der Waals surface area contributed by atoms with Crippen molar-refractivity contribution in [3.8, 4) is 0 Å². The predicted octanol–water partition coefficient (Wildman–Crippen LogP) is 2.81. The summed E-state index contributed by atoms with van der Waals surface area (Å²) in [6.07, 6.45) is 4.03. The second-order valence-corrected chi connectivity index (χ2v) is 9.61. The van der Waals surface area contributed by atoms with Gasteiger partial charge in [-0.1, -0.05) is 25.4 Å². The van der Waals surface area contributed by atoms with Gasteiger partial charge in [-0.3, -0.25) is 0 Å². The van der Waals surface area contributed by atoms with Gasteiger partial charge in [0.1, 0.15) is 0 Å². The molecule has 5 N–H and O–H groups in total. The summed E-state index contributed by atoms with van der Waals surface area (Å²) in [5, 5.41) is 4.45. The molecule has 1 unspecified atom stereocenters. The summed E-state index contributed by atoms with van der Waals surface area (Å²) in [5.74, 6) is 1.41. The molecule has 0 bridgehead atoms. The fourth-order valence-corrected chi connectivity index (χ4v) is 4.43. The summed E-state index contributed by atoms with van der Waals surface area (Å²) in [7, 11) is 2.03. The fourth-order valence-electron chi connectivity index (χ4n) is 4.27. The zero-order chi connectivity index (χ0) is 22.1. The number of halogens is 1. The molecule has 3 heterocycles. The van der Waals surface area contributed by atoms with Crippen molar-refractivity contribution in [1.82, 2.24) is 24.0 Å². The molecule has 2 aromatic heterocycles. The Morgan fingerprint density at radius 3 is 2.59 bits per heavy atom. The van der Waals surface area contributed by atoms with E-state index < -0.39 is 0 Å². The highest BCUT2D eigenvalue weighted by molar-refractivity contribution is 6.31. The number of nitrogens with two attached hydrogens (primary N) is 1. The largest absolute Gasteiger partial charge is 0.412 e. The molecular formula is C23H36ClN7O. The maximum absolute atomic E-state index is 6.32. The number of hydrogen-bond donors (Lipinski definition) is 2. The number of aromatic nitrogens is 4. The molecule has 1 aliphatic rings. The van der Waals surface area contributed by atoms with Gasteiger partial charge in [-0.05, 0) is 43.9 Å². The van der Waals surface area contributed by atoms with Crippen LogP contribution < -0.4 is 11.1 Å². The van der Waals surface area contributed by atoms with Crippen molar-refractivity contribution in [1.29, 1.82) is 0 Å². The van der Waals surface area contributed by atoms with Gasteiger partial charge in [0, 0.05) is 43.8 Å². The Hall–Kier alpha value is -2.13. The van der Waals surface area contributed by atoms with E-state index in [1.807, 2.05) is 38.5 Å². The van der Waals surface area contributed by atoms with E-state index in [9.17, 15) is 0 Å². The Labute approximate surface area is 195 Å². The van der Waals surface area contributed by atoms with Crippen molar-refractivity contribution < 1.29 is 5.48 Å². The van der Waals surface area contributed by atoms with Crippen molar-refractivity contribution in [3.63, 3.8) is 0 Å². The van der Waals surface area contributed by atoms with E-state index in [4.69, 9.17) is 22.3 Å². The van der Waals surface area contributed by atoms with E-state index in [2.05, 4.69) is 38.2 Å². The minimum absolute atomic E-state index is 0. The highest BCUT2D eigenvalue weighted by atomic mass is 35.5. The van der Waals surface area contributed by atoms with Crippen molar-refractivity contribution in [3.05, 3.63) is 40.9 Å². The Kier molecular flexibility index (Phi) is 7.82. The molecule has 0 spiro atoms. The summed E-state index contributed by atoms with van der Waals surface area (Å²) in [5.41, 5.74) is 10.5. The van der Waals surface area contributed by atoms with Crippen LogP contribution in [0.2, 0.25) is 5.02 Å². The minimum Gasteiger partial charge on any atom is -0.412 e. The average Bonchev–Trinajstić information content (AvgIpc) is 3.23. The number of hydrogen-bond acceptors (Lipinski definition) is 5. The van der Waals surface area contributed by atoms with Gasteiger partial charge in [0.2, 0.25) is 5.95 Å². The molecule has 8 nitrogen and oxygen atoms in total. The molecule has 9 heteroatoms. The zero-order valence-electron chi connectivity index (χ0n) is 19.5. The second-order valence-electron chi connectivity index (χ2n) is 9.17. The smallest absolute Gasteiger partial charge is 0.204 e. The van der Waals surface area contributed by atoms with Gasteiger partial charge in [0.25, 0.3) is 0 Å². The number of imidazole rings is 2. The van der Waals surface area contributed by atoms with E-state index in [-0.39, 0.29) is 11.5 Å². The average molecular weight is 462 g/mol. The Balaban J connectivity index is 0.00000289. The number of rotatable bonds is 7. The van der Waals surface area contributed by atoms with Gasteiger partial charge >= 0.3 is 0 Å². The number of benzene rings is 1. The van der Waals surface area contributed by atoms with Crippen LogP contribution in [0.15, 0.2) is 24.5 Å². The Morgan fingerprint density at radius 1 is 1.25 bits per heavy atom. The van der Waals surface area contributed by atoms with Crippen molar-refractivity contribution in [2.24, 2.45) is 18.7 Å². The molecule has 1 atom stereocenters. The molecule has 3 aromatic rings. The van der Waals surface area contributed by atoms with Crippen LogP contribution in [0.25, 0.3) is 11.0 Å². The standard InChI is InChI=1S/C23H34ClN7.H2O/c1-15(2)19(25)12-30-9-7-18(8-10-30)27-23-28-20-6-5-17(24)11-21(20)31(23)13-22-16(3)26-14-29(22)4;/h5-6,11,14-15,18-19H,7-10,12-13,25H2,1-4H3,(H,27,28);1H2. The first kappa shape index (κ1) is 24.5. The first-order valence-electron chi connectivity index (χ1n) is 11.2. The maximum atomic E-state index is 6.32. The van der Waals surface area contributed by atoms with Crippen LogP contribution in [0.3, 0.4) is 0 Å². The third-order valence-electron chi connectivity index (χ3n) is 6.53. The van der Waals surface area contributed by atoms with E-state index >= 15 is 0 Å². The van der Waals surface area contributed by atoms with Gasteiger partial charge in [-0.15, -0.1) is 0 Å². The van der Waals surface area contributed by atoms with Crippen LogP contribution in [-0.4, -0.2) is 61.2 Å². The summed E-state index contributed by atoms with van der Waals surface area (Å²) in [4.78, 5) is 11.8. The molecule has 1 aromatic carbocycles.